The van der Waals surface area contributed by atoms with Gasteiger partial charge in [-0.2, -0.15) is 4.31 Å². The molecular weight excluding hydrogens is 359 g/mol. The van der Waals surface area contributed by atoms with E-state index in [1.165, 1.54) is 0 Å². The molecule has 8 heteroatoms. The van der Waals surface area contributed by atoms with Gasteiger partial charge in [0, 0.05) is 31.3 Å². The van der Waals surface area contributed by atoms with Crippen LogP contribution in [0, 0.1) is 0 Å². The minimum Gasteiger partial charge on any atom is -0.380 e. The SMILES string of the molecule is Cl.O=S(=O)(C1CCCOC1)N1CCNCC1c1cccc(Cl)c1. The maximum absolute atomic E-state index is 13.0. The monoisotopic (exact) mass is 380 g/mol. The summed E-state index contributed by atoms with van der Waals surface area (Å²) in [4.78, 5) is 0. The summed E-state index contributed by atoms with van der Waals surface area (Å²) in [5.74, 6) is 0. The molecule has 0 spiro atoms. The summed E-state index contributed by atoms with van der Waals surface area (Å²) in [5.41, 5.74) is 0.931. The molecule has 5 nitrogen and oxygen atoms in total. The van der Waals surface area contributed by atoms with E-state index < -0.39 is 15.3 Å². The van der Waals surface area contributed by atoms with Crippen molar-refractivity contribution in [3.05, 3.63) is 34.9 Å². The van der Waals surface area contributed by atoms with Crippen LogP contribution >= 0.6 is 24.0 Å². The van der Waals surface area contributed by atoms with E-state index in [-0.39, 0.29) is 18.4 Å². The molecule has 3 rings (SSSR count). The Bertz CT molecular complexity index is 621. The topological polar surface area (TPSA) is 58.6 Å². The second-order valence-corrected chi connectivity index (χ2v) is 8.37. The van der Waals surface area contributed by atoms with E-state index in [1.807, 2.05) is 18.2 Å². The first-order valence-corrected chi connectivity index (χ1v) is 9.52. The summed E-state index contributed by atoms with van der Waals surface area (Å²) < 4.78 is 33.0. The molecule has 2 saturated heterocycles. The van der Waals surface area contributed by atoms with Crippen LogP contribution in [-0.4, -0.2) is 50.8 Å². The van der Waals surface area contributed by atoms with E-state index in [9.17, 15) is 8.42 Å². The van der Waals surface area contributed by atoms with Crippen LogP contribution in [0.4, 0.5) is 0 Å². The number of piperazine rings is 1. The van der Waals surface area contributed by atoms with E-state index >= 15 is 0 Å². The fourth-order valence-electron chi connectivity index (χ4n) is 3.13. The zero-order valence-corrected chi connectivity index (χ0v) is 15.2. The van der Waals surface area contributed by atoms with Crippen LogP contribution in [0.1, 0.15) is 24.4 Å². The fraction of sp³-hybridized carbons (Fsp3) is 0.600. The van der Waals surface area contributed by atoms with Crippen molar-refractivity contribution in [1.29, 1.82) is 0 Å². The van der Waals surface area contributed by atoms with Crippen molar-refractivity contribution in [2.24, 2.45) is 0 Å². The van der Waals surface area contributed by atoms with E-state index in [0.717, 1.165) is 12.0 Å². The average Bonchev–Trinajstić information content (AvgIpc) is 2.56. The number of benzene rings is 1. The molecule has 0 aromatic heterocycles. The van der Waals surface area contributed by atoms with Gasteiger partial charge in [0.1, 0.15) is 0 Å². The Morgan fingerprint density at radius 1 is 1.35 bits per heavy atom. The first-order valence-electron chi connectivity index (χ1n) is 7.63. The number of ether oxygens (including phenoxy) is 1. The van der Waals surface area contributed by atoms with Gasteiger partial charge in [-0.05, 0) is 30.5 Å². The standard InChI is InChI=1S/C15H21ClN2O3S.ClH/c16-13-4-1-3-12(9-13)15-10-17-6-7-18(15)22(19,20)14-5-2-8-21-11-14;/h1,3-4,9,14-15,17H,2,5-8,10-11H2;1H. The Morgan fingerprint density at radius 2 is 2.17 bits per heavy atom. The van der Waals surface area contributed by atoms with Gasteiger partial charge in [0.2, 0.25) is 10.0 Å². The third-order valence-electron chi connectivity index (χ3n) is 4.29. The summed E-state index contributed by atoms with van der Waals surface area (Å²) in [6.07, 6.45) is 1.48. The summed E-state index contributed by atoms with van der Waals surface area (Å²) in [5, 5.41) is 3.47. The van der Waals surface area contributed by atoms with Crippen LogP contribution in [0.5, 0.6) is 0 Å². The lowest BCUT2D eigenvalue weighted by Crippen LogP contribution is -2.52. The predicted octanol–water partition coefficient (Wildman–Crippen LogP) is 2.22. The Kier molecular flexibility index (Phi) is 6.71. The van der Waals surface area contributed by atoms with Gasteiger partial charge >= 0.3 is 0 Å². The molecule has 0 bridgehead atoms. The van der Waals surface area contributed by atoms with Crippen molar-refractivity contribution in [2.75, 3.05) is 32.8 Å². The fourth-order valence-corrected chi connectivity index (χ4v) is 5.34. The van der Waals surface area contributed by atoms with Gasteiger partial charge in [0.15, 0.2) is 0 Å². The number of halogens is 2. The third-order valence-corrected chi connectivity index (χ3v) is 6.83. The molecule has 23 heavy (non-hydrogen) atoms. The lowest BCUT2D eigenvalue weighted by molar-refractivity contribution is 0.0963. The van der Waals surface area contributed by atoms with E-state index in [4.69, 9.17) is 16.3 Å². The van der Waals surface area contributed by atoms with E-state index in [0.29, 0.717) is 44.3 Å². The molecule has 0 saturated carbocycles. The summed E-state index contributed by atoms with van der Waals surface area (Å²) in [6.45, 7) is 2.72. The third kappa shape index (κ3) is 4.18. The van der Waals surface area contributed by atoms with Gasteiger partial charge in [0.25, 0.3) is 0 Å². The molecule has 0 aliphatic carbocycles. The first kappa shape index (κ1) is 19.0. The van der Waals surface area contributed by atoms with Crippen LogP contribution in [0.25, 0.3) is 0 Å². The molecule has 0 amide bonds. The molecule has 130 valence electrons. The Labute approximate surface area is 148 Å². The molecule has 0 radical (unpaired) electrons. The van der Waals surface area contributed by atoms with Gasteiger partial charge in [-0.1, -0.05) is 23.7 Å². The number of hydrogen-bond acceptors (Lipinski definition) is 4. The summed E-state index contributed by atoms with van der Waals surface area (Å²) >= 11 is 6.07. The highest BCUT2D eigenvalue weighted by atomic mass is 35.5. The largest absolute Gasteiger partial charge is 0.380 e. The van der Waals surface area contributed by atoms with Crippen LogP contribution in [-0.2, 0) is 14.8 Å². The Balaban J connectivity index is 0.00000192. The summed E-state index contributed by atoms with van der Waals surface area (Å²) in [7, 11) is -3.37. The highest BCUT2D eigenvalue weighted by Gasteiger charge is 2.39. The van der Waals surface area contributed by atoms with Crippen molar-refractivity contribution in [1.82, 2.24) is 9.62 Å². The van der Waals surface area contributed by atoms with Crippen LogP contribution in [0.2, 0.25) is 5.02 Å². The predicted molar refractivity (Wildman–Crippen MR) is 93.8 cm³/mol. The molecule has 2 unspecified atom stereocenters. The van der Waals surface area contributed by atoms with E-state index in [2.05, 4.69) is 5.32 Å². The number of hydrogen-bond donors (Lipinski definition) is 1. The zero-order chi connectivity index (χ0) is 15.6. The minimum atomic E-state index is -3.37. The van der Waals surface area contributed by atoms with Crippen LogP contribution in [0.15, 0.2) is 24.3 Å². The highest BCUT2D eigenvalue weighted by molar-refractivity contribution is 7.89. The van der Waals surface area contributed by atoms with Crippen molar-refractivity contribution < 1.29 is 13.2 Å². The molecule has 2 heterocycles. The number of nitrogens with zero attached hydrogens (tertiary/aromatic N) is 1. The molecule has 2 atom stereocenters. The van der Waals surface area contributed by atoms with Gasteiger partial charge in [0.05, 0.1) is 17.9 Å². The van der Waals surface area contributed by atoms with Crippen molar-refractivity contribution >= 4 is 34.0 Å². The zero-order valence-electron chi connectivity index (χ0n) is 12.8. The van der Waals surface area contributed by atoms with Gasteiger partial charge in [-0.25, -0.2) is 8.42 Å². The number of sulfonamides is 1. The first-order chi connectivity index (χ1) is 10.6. The smallest absolute Gasteiger partial charge is 0.219 e. The molecule has 2 fully saturated rings. The van der Waals surface area contributed by atoms with Crippen LogP contribution in [0.3, 0.4) is 0 Å². The molecule has 1 N–H and O–H groups in total. The maximum Gasteiger partial charge on any atom is 0.219 e. The Morgan fingerprint density at radius 3 is 2.87 bits per heavy atom. The van der Waals surface area contributed by atoms with Gasteiger partial charge in [-0.15, -0.1) is 12.4 Å². The van der Waals surface area contributed by atoms with Gasteiger partial charge in [-0.3, -0.25) is 0 Å². The summed E-state index contributed by atoms with van der Waals surface area (Å²) in [6, 6.07) is 7.23. The van der Waals surface area contributed by atoms with Gasteiger partial charge < -0.3 is 10.1 Å². The van der Waals surface area contributed by atoms with E-state index in [1.54, 1.807) is 10.4 Å². The lowest BCUT2D eigenvalue weighted by atomic mass is 10.1. The molecule has 2 aliphatic rings. The second-order valence-electron chi connectivity index (χ2n) is 5.77. The normalized spacial score (nSPS) is 26.5. The van der Waals surface area contributed by atoms with Crippen molar-refractivity contribution in [2.45, 2.75) is 24.1 Å². The number of nitrogens with one attached hydrogen (secondary N) is 1. The second kappa shape index (κ2) is 8.14. The lowest BCUT2D eigenvalue weighted by Gasteiger charge is -2.38. The van der Waals surface area contributed by atoms with Crippen LogP contribution < -0.4 is 5.32 Å². The molecule has 1 aromatic carbocycles. The Hall–Kier alpha value is -0.370. The molecule has 2 aliphatic heterocycles. The number of rotatable bonds is 3. The molecule has 1 aromatic rings. The highest BCUT2D eigenvalue weighted by Crippen LogP contribution is 2.30. The quantitative estimate of drug-likeness (QED) is 0.873. The maximum atomic E-state index is 13.0. The minimum absolute atomic E-state index is 0. The average molecular weight is 381 g/mol. The molecular formula is C15H22Cl2N2O3S. The van der Waals surface area contributed by atoms with Crippen molar-refractivity contribution in [3.8, 4) is 0 Å². The van der Waals surface area contributed by atoms with Crippen molar-refractivity contribution in [3.63, 3.8) is 0 Å².